The van der Waals surface area contributed by atoms with Crippen LogP contribution in [0.3, 0.4) is 0 Å². The third-order valence-electron chi connectivity index (χ3n) is 8.09. The number of benzene rings is 4. The van der Waals surface area contributed by atoms with Crippen LogP contribution in [0.5, 0.6) is 34.5 Å². The maximum atomic E-state index is 14.1. The molecule has 4 aromatic rings. The van der Waals surface area contributed by atoms with Crippen molar-refractivity contribution in [3.05, 3.63) is 112 Å². The Morgan fingerprint density at radius 1 is 0.696 bits per heavy atom. The summed E-state index contributed by atoms with van der Waals surface area (Å²) in [6, 6.07) is 21.4. The van der Waals surface area contributed by atoms with Gasteiger partial charge in [-0.1, -0.05) is 30.3 Å². The first kappa shape index (κ1) is 31.8. The fourth-order valence-corrected chi connectivity index (χ4v) is 5.73. The molecule has 0 radical (unpaired) electrons. The molecule has 0 unspecified atom stereocenters. The Labute approximate surface area is 266 Å². The van der Waals surface area contributed by atoms with Crippen molar-refractivity contribution in [3.8, 4) is 34.5 Å². The lowest BCUT2D eigenvalue weighted by Gasteiger charge is -2.34. The van der Waals surface area contributed by atoms with Crippen LogP contribution in [0.25, 0.3) is 6.08 Å². The molecule has 46 heavy (non-hydrogen) atoms. The van der Waals surface area contributed by atoms with Crippen LogP contribution >= 0.6 is 0 Å². The van der Waals surface area contributed by atoms with E-state index in [1.54, 1.807) is 72.8 Å². The minimum atomic E-state index is -1.02. The third kappa shape index (κ3) is 7.02. The number of rotatable bonds is 11. The van der Waals surface area contributed by atoms with Gasteiger partial charge in [0.1, 0.15) is 11.5 Å². The van der Waals surface area contributed by atoms with Gasteiger partial charge in [-0.05, 0) is 95.3 Å². The molecule has 10 nitrogen and oxygen atoms in total. The van der Waals surface area contributed by atoms with Crippen LogP contribution in [0.2, 0.25) is 0 Å². The van der Waals surface area contributed by atoms with Crippen molar-refractivity contribution in [2.24, 2.45) is 5.92 Å². The highest BCUT2D eigenvalue weighted by Gasteiger charge is 2.41. The lowest BCUT2D eigenvalue weighted by atomic mass is 9.70. The maximum Gasteiger partial charge on any atom is 0.248 e. The first-order chi connectivity index (χ1) is 22.2. The van der Waals surface area contributed by atoms with Crippen LogP contribution in [0, 0.1) is 5.92 Å². The van der Waals surface area contributed by atoms with E-state index < -0.39 is 23.7 Å². The Morgan fingerprint density at radius 3 is 1.85 bits per heavy atom. The van der Waals surface area contributed by atoms with Gasteiger partial charge in [-0.15, -0.1) is 0 Å². The molecular formula is C36H36N2O8. The fourth-order valence-electron chi connectivity index (χ4n) is 5.73. The number of hydrogen-bond acceptors (Lipinski definition) is 8. The molecule has 0 aromatic heterocycles. The summed E-state index contributed by atoms with van der Waals surface area (Å²) in [6.45, 7) is 0.535. The van der Waals surface area contributed by atoms with E-state index in [0.29, 0.717) is 41.0 Å². The molecule has 0 aliphatic heterocycles. The van der Waals surface area contributed by atoms with E-state index in [4.69, 9.17) is 9.47 Å². The molecule has 10 heteroatoms. The molecule has 6 N–H and O–H groups in total. The van der Waals surface area contributed by atoms with E-state index >= 15 is 0 Å². The number of amides is 2. The largest absolute Gasteiger partial charge is 0.508 e. The fraction of sp³-hybridized carbons (Fsp3) is 0.222. The van der Waals surface area contributed by atoms with Crippen molar-refractivity contribution in [1.29, 1.82) is 0 Å². The van der Waals surface area contributed by atoms with Crippen molar-refractivity contribution in [1.82, 2.24) is 10.6 Å². The molecule has 0 heterocycles. The van der Waals surface area contributed by atoms with Gasteiger partial charge in [0.2, 0.25) is 11.8 Å². The Kier molecular flexibility index (Phi) is 9.66. The summed E-state index contributed by atoms with van der Waals surface area (Å²) >= 11 is 0. The van der Waals surface area contributed by atoms with Crippen molar-refractivity contribution in [2.75, 3.05) is 27.3 Å². The average Bonchev–Trinajstić information content (AvgIpc) is 3.06. The van der Waals surface area contributed by atoms with Crippen LogP contribution in [0.15, 0.2) is 84.4 Å². The highest BCUT2D eigenvalue weighted by atomic mass is 16.5. The van der Waals surface area contributed by atoms with Crippen molar-refractivity contribution < 1.29 is 39.5 Å². The standard InChI is InChI=1S/C36H36N2O8/c1-45-31-12-7-23(19-32(31)46-2)33-27-20-30(42)29(41)18-24(27)17-28(35(43)37-15-13-21-3-8-25(39)9-4-21)34(33)36(44)38-16-14-22-5-10-26(40)11-6-22/h3-12,17-20,33-34,39-42H,13-16H2,1-2H3,(H,37,43)(H,38,44)/t33-,34+/m1/s1. The minimum absolute atomic E-state index is 0.145. The van der Waals surface area contributed by atoms with Crippen LogP contribution < -0.4 is 20.1 Å². The van der Waals surface area contributed by atoms with E-state index in [0.717, 1.165) is 11.1 Å². The van der Waals surface area contributed by atoms with Gasteiger partial charge < -0.3 is 40.5 Å². The SMILES string of the molecule is COc1ccc([C@@H]2c3cc(O)c(O)cc3C=C(C(=O)NCCc3ccc(O)cc3)[C@@H]2C(=O)NCCc2ccc(O)cc2)cc1OC. The number of fused-ring (bicyclic) bond motifs is 1. The number of ether oxygens (including phenoxy) is 2. The summed E-state index contributed by atoms with van der Waals surface area (Å²) < 4.78 is 11.0. The first-order valence-corrected chi connectivity index (χ1v) is 14.8. The molecule has 2 amide bonds. The second-order valence-electron chi connectivity index (χ2n) is 11.0. The Morgan fingerprint density at radius 2 is 1.26 bits per heavy atom. The second-order valence-corrected chi connectivity index (χ2v) is 11.0. The van der Waals surface area contributed by atoms with Crippen LogP contribution in [0.1, 0.15) is 33.7 Å². The number of phenols is 4. The summed E-state index contributed by atoms with van der Waals surface area (Å²) in [4.78, 5) is 28.0. The Bertz CT molecular complexity index is 1750. The molecule has 1 aliphatic carbocycles. The molecule has 0 spiro atoms. The lowest BCUT2D eigenvalue weighted by Crippen LogP contribution is -2.42. The molecule has 0 saturated heterocycles. The zero-order valence-electron chi connectivity index (χ0n) is 25.5. The van der Waals surface area contributed by atoms with E-state index in [1.807, 2.05) is 0 Å². The number of aromatic hydroxyl groups is 4. The predicted molar refractivity (Wildman–Crippen MR) is 172 cm³/mol. The van der Waals surface area contributed by atoms with Crippen molar-refractivity contribution in [2.45, 2.75) is 18.8 Å². The van der Waals surface area contributed by atoms with E-state index in [1.165, 1.54) is 26.4 Å². The Hall–Kier alpha value is -5.64. The number of hydrogen-bond donors (Lipinski definition) is 6. The summed E-state index contributed by atoms with van der Waals surface area (Å²) in [5, 5.41) is 46.0. The van der Waals surface area contributed by atoms with Gasteiger partial charge in [-0.2, -0.15) is 0 Å². The zero-order valence-corrected chi connectivity index (χ0v) is 25.5. The van der Waals surface area contributed by atoms with Crippen LogP contribution in [0.4, 0.5) is 0 Å². The minimum Gasteiger partial charge on any atom is -0.508 e. The number of methoxy groups -OCH3 is 2. The topological polar surface area (TPSA) is 158 Å². The van der Waals surface area contributed by atoms with Crippen LogP contribution in [-0.2, 0) is 22.4 Å². The monoisotopic (exact) mass is 624 g/mol. The number of nitrogens with one attached hydrogen (secondary N) is 2. The van der Waals surface area contributed by atoms with Gasteiger partial charge in [0.25, 0.3) is 0 Å². The van der Waals surface area contributed by atoms with Crippen LogP contribution in [-0.4, -0.2) is 59.5 Å². The normalized spacial score (nSPS) is 15.3. The van der Waals surface area contributed by atoms with Crippen molar-refractivity contribution >= 4 is 17.9 Å². The van der Waals surface area contributed by atoms with E-state index in [-0.39, 0.29) is 41.7 Å². The summed E-state index contributed by atoms with van der Waals surface area (Å²) in [6.07, 6.45) is 2.56. The summed E-state index contributed by atoms with van der Waals surface area (Å²) in [5.74, 6) is -2.16. The molecule has 238 valence electrons. The van der Waals surface area contributed by atoms with Gasteiger partial charge >= 0.3 is 0 Å². The molecular weight excluding hydrogens is 588 g/mol. The molecule has 5 rings (SSSR count). The molecule has 0 saturated carbocycles. The molecule has 0 fully saturated rings. The van der Waals surface area contributed by atoms with Gasteiger partial charge in [-0.3, -0.25) is 9.59 Å². The average molecular weight is 625 g/mol. The quantitative estimate of drug-likeness (QED) is 0.134. The van der Waals surface area contributed by atoms with Gasteiger partial charge in [0.05, 0.1) is 20.1 Å². The first-order valence-electron chi connectivity index (χ1n) is 14.8. The summed E-state index contributed by atoms with van der Waals surface area (Å²) in [7, 11) is 3.02. The van der Waals surface area contributed by atoms with Gasteiger partial charge in [-0.25, -0.2) is 0 Å². The van der Waals surface area contributed by atoms with Gasteiger partial charge in [0, 0.05) is 24.6 Å². The molecule has 4 aromatic carbocycles. The van der Waals surface area contributed by atoms with Gasteiger partial charge in [0.15, 0.2) is 23.0 Å². The van der Waals surface area contributed by atoms with E-state index in [2.05, 4.69) is 10.6 Å². The molecule has 0 bridgehead atoms. The number of carbonyl (C=O) groups excluding carboxylic acids is 2. The van der Waals surface area contributed by atoms with Crippen molar-refractivity contribution in [3.63, 3.8) is 0 Å². The zero-order chi connectivity index (χ0) is 32.8. The smallest absolute Gasteiger partial charge is 0.248 e. The number of phenolic OH excluding ortho intramolecular Hbond substituents is 4. The second kappa shape index (κ2) is 14.0. The van der Waals surface area contributed by atoms with E-state index in [9.17, 15) is 30.0 Å². The molecule has 2 atom stereocenters. The lowest BCUT2D eigenvalue weighted by molar-refractivity contribution is -0.127. The highest BCUT2D eigenvalue weighted by Crippen LogP contribution is 2.47. The maximum absolute atomic E-state index is 14.1. The number of carbonyl (C=O) groups is 2. The summed E-state index contributed by atoms with van der Waals surface area (Å²) in [5.41, 5.74) is 3.66. The Balaban J connectivity index is 1.52. The highest BCUT2D eigenvalue weighted by molar-refractivity contribution is 6.06. The molecule has 1 aliphatic rings. The third-order valence-corrected chi connectivity index (χ3v) is 8.09. The predicted octanol–water partition coefficient (Wildman–Crippen LogP) is 4.39.